The van der Waals surface area contributed by atoms with Gasteiger partial charge >= 0.3 is 6.16 Å². The molecule has 0 aliphatic carbocycles. The van der Waals surface area contributed by atoms with Gasteiger partial charge in [0.1, 0.15) is 12.2 Å². The average molecular weight is 400 g/mol. The number of benzene rings is 2. The van der Waals surface area contributed by atoms with E-state index in [1.54, 1.807) is 39.8 Å². The number of anilines is 1. The van der Waals surface area contributed by atoms with E-state index in [4.69, 9.17) is 9.47 Å². The maximum Gasteiger partial charge on any atom is 0.508 e. The predicted molar refractivity (Wildman–Crippen MR) is 113 cm³/mol. The number of hydrogen-bond acceptors (Lipinski definition) is 6. The lowest BCUT2D eigenvalue weighted by Gasteiger charge is -2.20. The van der Waals surface area contributed by atoms with E-state index in [1.165, 1.54) is 6.07 Å². The fourth-order valence-electron chi connectivity index (χ4n) is 2.81. The summed E-state index contributed by atoms with van der Waals surface area (Å²) in [5, 5.41) is 11.5. The van der Waals surface area contributed by atoms with Gasteiger partial charge in [0.05, 0.1) is 4.92 Å². The van der Waals surface area contributed by atoms with Crippen LogP contribution in [-0.2, 0) is 9.47 Å². The van der Waals surface area contributed by atoms with E-state index in [0.29, 0.717) is 5.56 Å². The van der Waals surface area contributed by atoms with Crippen LogP contribution in [-0.4, -0.2) is 37.4 Å². The number of nitro benzene ring substituents is 1. The highest BCUT2D eigenvalue weighted by molar-refractivity contribution is 5.69. The van der Waals surface area contributed by atoms with Gasteiger partial charge in [-0.25, -0.2) is 4.79 Å². The number of nitrogens with zero attached hydrogens (tertiary/aromatic N) is 2. The Balaban J connectivity index is 2.26. The molecule has 0 aliphatic heterocycles. The summed E-state index contributed by atoms with van der Waals surface area (Å²) in [6.07, 6.45) is -0.789. The Hall–Kier alpha value is -3.09. The van der Waals surface area contributed by atoms with E-state index in [2.05, 4.69) is 0 Å². The molecule has 0 amide bonds. The minimum Gasteiger partial charge on any atom is -0.434 e. The molecule has 2 rings (SSSR count). The van der Waals surface area contributed by atoms with Crippen LogP contribution in [0.25, 0.3) is 11.1 Å². The molecule has 0 aliphatic rings. The summed E-state index contributed by atoms with van der Waals surface area (Å²) >= 11 is 0. The Labute approximate surface area is 171 Å². The van der Waals surface area contributed by atoms with Crippen LogP contribution in [0, 0.1) is 10.1 Å². The molecule has 0 fully saturated rings. The molecular weight excluding hydrogens is 372 g/mol. The molecule has 1 unspecified atom stereocenters. The summed E-state index contributed by atoms with van der Waals surface area (Å²) in [5.74, 6) is -0.371. The Kier molecular flexibility index (Phi) is 6.84. The van der Waals surface area contributed by atoms with E-state index < -0.39 is 16.7 Å². The maximum atomic E-state index is 11.8. The second kappa shape index (κ2) is 8.94. The van der Waals surface area contributed by atoms with Gasteiger partial charge in [-0.15, -0.1) is 0 Å². The number of carbonyl (C=O) groups excluding carboxylic acids is 1. The third-order valence-corrected chi connectivity index (χ3v) is 4.31. The monoisotopic (exact) mass is 400 g/mol. The highest BCUT2D eigenvalue weighted by Crippen LogP contribution is 2.32. The van der Waals surface area contributed by atoms with Crippen LogP contribution in [0.2, 0.25) is 0 Å². The maximum absolute atomic E-state index is 11.8. The van der Waals surface area contributed by atoms with Crippen LogP contribution in [0.1, 0.15) is 39.2 Å². The van der Waals surface area contributed by atoms with Crippen molar-refractivity contribution in [1.82, 2.24) is 0 Å². The van der Waals surface area contributed by atoms with E-state index in [0.717, 1.165) is 16.8 Å². The first kappa shape index (κ1) is 22.2. The quantitative estimate of drug-likeness (QED) is 0.368. The molecule has 29 heavy (non-hydrogen) atoms. The van der Waals surface area contributed by atoms with Crippen LogP contribution in [0.15, 0.2) is 42.5 Å². The number of ether oxygens (including phenoxy) is 2. The van der Waals surface area contributed by atoms with Crippen molar-refractivity contribution in [2.45, 2.75) is 39.2 Å². The summed E-state index contributed by atoms with van der Waals surface area (Å²) in [6.45, 7) is 7.00. The Morgan fingerprint density at radius 1 is 1.10 bits per heavy atom. The average Bonchev–Trinajstić information content (AvgIpc) is 2.64. The zero-order chi connectivity index (χ0) is 21.8. The molecule has 0 N–H and O–H groups in total. The van der Waals surface area contributed by atoms with Crippen LogP contribution >= 0.6 is 0 Å². The van der Waals surface area contributed by atoms with Crippen molar-refractivity contribution in [3.8, 4) is 11.1 Å². The summed E-state index contributed by atoms with van der Waals surface area (Å²) in [4.78, 5) is 24.9. The van der Waals surface area contributed by atoms with Gasteiger partial charge in [0.2, 0.25) is 0 Å². The van der Waals surface area contributed by atoms with E-state index >= 15 is 0 Å². The lowest BCUT2D eigenvalue weighted by Crippen LogP contribution is -2.25. The molecule has 2 aromatic carbocycles. The van der Waals surface area contributed by atoms with Crippen molar-refractivity contribution in [1.29, 1.82) is 0 Å². The van der Waals surface area contributed by atoms with E-state index in [1.807, 2.05) is 43.3 Å². The van der Waals surface area contributed by atoms with Crippen LogP contribution in [0.3, 0.4) is 0 Å². The second-order valence-corrected chi connectivity index (χ2v) is 8.15. The number of carbonyl (C=O) groups is 1. The summed E-state index contributed by atoms with van der Waals surface area (Å²) in [7, 11) is 3.93. The molecular formula is C22H28N2O5. The van der Waals surface area contributed by atoms with Gasteiger partial charge in [-0.2, -0.15) is 0 Å². The topological polar surface area (TPSA) is 81.9 Å². The fourth-order valence-corrected chi connectivity index (χ4v) is 2.81. The van der Waals surface area contributed by atoms with Crippen molar-refractivity contribution in [2.75, 3.05) is 25.6 Å². The molecule has 156 valence electrons. The Morgan fingerprint density at radius 2 is 1.69 bits per heavy atom. The summed E-state index contributed by atoms with van der Waals surface area (Å²) in [6, 6.07) is 12.9. The third kappa shape index (κ3) is 6.20. The largest absolute Gasteiger partial charge is 0.508 e. The van der Waals surface area contributed by atoms with Gasteiger partial charge in [0.25, 0.3) is 5.69 Å². The standard InChI is InChI=1S/C22H28N2O5/c1-15(14-28-21(25)29-22(2,3)4)19-13-17(9-12-20(19)24(26)27)16-7-10-18(11-8-16)23(5)6/h7-13,15H,14H2,1-6H3. The third-order valence-electron chi connectivity index (χ3n) is 4.31. The molecule has 7 nitrogen and oxygen atoms in total. The van der Waals surface area contributed by atoms with Gasteiger partial charge in [0.15, 0.2) is 0 Å². The highest BCUT2D eigenvalue weighted by atomic mass is 16.7. The summed E-state index contributed by atoms with van der Waals surface area (Å²) in [5.41, 5.74) is 2.72. The molecule has 7 heteroatoms. The van der Waals surface area contributed by atoms with Crippen molar-refractivity contribution in [3.63, 3.8) is 0 Å². The van der Waals surface area contributed by atoms with Crippen molar-refractivity contribution >= 4 is 17.5 Å². The molecule has 2 aromatic rings. The van der Waals surface area contributed by atoms with Gasteiger partial charge in [0, 0.05) is 37.3 Å². The second-order valence-electron chi connectivity index (χ2n) is 8.15. The number of rotatable bonds is 6. The zero-order valence-corrected chi connectivity index (χ0v) is 17.8. The molecule has 0 saturated heterocycles. The lowest BCUT2D eigenvalue weighted by molar-refractivity contribution is -0.385. The molecule has 1 atom stereocenters. The van der Waals surface area contributed by atoms with Crippen molar-refractivity contribution < 1.29 is 19.2 Å². The van der Waals surface area contributed by atoms with Gasteiger partial charge in [-0.3, -0.25) is 10.1 Å². The van der Waals surface area contributed by atoms with Crippen molar-refractivity contribution in [3.05, 3.63) is 58.1 Å². The SMILES string of the molecule is CC(COC(=O)OC(C)(C)C)c1cc(-c2ccc(N(C)C)cc2)ccc1[N+](=O)[O-]. The van der Waals surface area contributed by atoms with Crippen LogP contribution < -0.4 is 4.90 Å². The minimum absolute atomic E-state index is 0.000972. The Morgan fingerprint density at radius 3 is 2.21 bits per heavy atom. The number of hydrogen-bond donors (Lipinski definition) is 0. The molecule has 0 spiro atoms. The molecule has 0 saturated carbocycles. The van der Waals surface area contributed by atoms with Crippen molar-refractivity contribution in [2.24, 2.45) is 0 Å². The zero-order valence-electron chi connectivity index (χ0n) is 17.8. The molecule has 0 aromatic heterocycles. The highest BCUT2D eigenvalue weighted by Gasteiger charge is 2.23. The van der Waals surface area contributed by atoms with Gasteiger partial charge in [-0.05, 0) is 56.2 Å². The van der Waals surface area contributed by atoms with Crippen LogP contribution in [0.4, 0.5) is 16.2 Å². The van der Waals surface area contributed by atoms with E-state index in [9.17, 15) is 14.9 Å². The molecule has 0 radical (unpaired) electrons. The van der Waals surface area contributed by atoms with E-state index in [-0.39, 0.29) is 18.2 Å². The normalized spacial score (nSPS) is 12.2. The Bertz CT molecular complexity index is 870. The first-order valence-electron chi connectivity index (χ1n) is 9.40. The first-order valence-corrected chi connectivity index (χ1v) is 9.40. The number of nitro groups is 1. The smallest absolute Gasteiger partial charge is 0.434 e. The lowest BCUT2D eigenvalue weighted by atomic mass is 9.95. The predicted octanol–water partition coefficient (Wildman–Crippen LogP) is 5.38. The fraction of sp³-hybridized carbons (Fsp3) is 0.409. The first-order chi connectivity index (χ1) is 13.5. The summed E-state index contributed by atoms with van der Waals surface area (Å²) < 4.78 is 10.3. The van der Waals surface area contributed by atoms with Gasteiger partial charge < -0.3 is 14.4 Å². The molecule has 0 bridgehead atoms. The van der Waals surface area contributed by atoms with Crippen LogP contribution in [0.5, 0.6) is 0 Å². The molecule has 0 heterocycles. The minimum atomic E-state index is -0.789. The van der Waals surface area contributed by atoms with Gasteiger partial charge in [-0.1, -0.05) is 19.1 Å².